The fourth-order valence-electron chi connectivity index (χ4n) is 0.789. The highest BCUT2D eigenvalue weighted by atomic mass is 31.0. The third-order valence-electron chi connectivity index (χ3n) is 1.31. The molecule has 0 N–H and O–H groups in total. The lowest BCUT2D eigenvalue weighted by molar-refractivity contribution is -0.138. The Morgan fingerprint density at radius 2 is 1.08 bits per heavy atom. The Hall–Kier alpha value is -2.18. The van der Waals surface area contributed by atoms with Crippen LogP contribution in [-0.4, -0.2) is 19.2 Å². The molecule has 0 aromatic carbocycles. The van der Waals surface area contributed by atoms with Gasteiger partial charge in [-0.25, -0.2) is 0 Å². The van der Waals surface area contributed by atoms with Crippen molar-refractivity contribution in [2.45, 2.75) is 0 Å². The average Bonchev–Trinajstić information content (AvgIpc) is 2.54. The maximum atomic E-state index is 8.45. The SMILES string of the molecule is [N-]=[N+]=c1[pH]c(=[N+]=[N-])c(=[N+]=[N-])c1=[N+]=[N-]. The van der Waals surface area contributed by atoms with Gasteiger partial charge >= 0.3 is 20.9 Å². The molecular weight excluding hydrogens is 191 g/mol. The van der Waals surface area contributed by atoms with Crippen LogP contribution in [0.15, 0.2) is 0 Å². The van der Waals surface area contributed by atoms with E-state index in [-0.39, 0.29) is 29.1 Å². The lowest BCUT2D eigenvalue weighted by Gasteiger charge is -1.44. The van der Waals surface area contributed by atoms with E-state index in [4.69, 9.17) is 22.1 Å². The molecule has 8 nitrogen and oxygen atoms in total. The molecule has 0 amide bonds. The Morgan fingerprint density at radius 3 is 1.31 bits per heavy atom. The number of nitrogens with zero attached hydrogens (tertiary/aromatic N) is 8. The Labute approximate surface area is 71.2 Å². The van der Waals surface area contributed by atoms with Crippen LogP contribution in [-0.2, 0) is 0 Å². The molecule has 0 fully saturated rings. The second kappa shape index (κ2) is 3.48. The van der Waals surface area contributed by atoms with Crippen molar-refractivity contribution in [1.29, 1.82) is 0 Å². The van der Waals surface area contributed by atoms with Crippen molar-refractivity contribution in [2.24, 2.45) is 0 Å². The summed E-state index contributed by atoms with van der Waals surface area (Å²) in [7, 11) is -0.316. The summed E-state index contributed by atoms with van der Waals surface area (Å²) in [4.78, 5) is 11.1. The van der Waals surface area contributed by atoms with Crippen LogP contribution in [0.4, 0.5) is 0 Å². The van der Waals surface area contributed by atoms with Gasteiger partial charge in [0, 0.05) is 0 Å². The minimum atomic E-state index is -0.316. The molecule has 0 saturated heterocycles. The Balaban J connectivity index is 4.55. The largest absolute Gasteiger partial charge is 0.503 e. The lowest BCUT2D eigenvalue weighted by Crippen LogP contribution is -2.40. The number of rotatable bonds is 0. The maximum Gasteiger partial charge on any atom is 0.503 e. The van der Waals surface area contributed by atoms with Crippen LogP contribution in [0.3, 0.4) is 0 Å². The van der Waals surface area contributed by atoms with Gasteiger partial charge in [0.1, 0.15) is 0 Å². The lowest BCUT2D eigenvalue weighted by atomic mass is 10.5. The van der Waals surface area contributed by atoms with Gasteiger partial charge in [0.05, 0.1) is 8.19 Å². The normalized spacial score (nSPS) is 8.62. The van der Waals surface area contributed by atoms with E-state index in [9.17, 15) is 0 Å². The monoisotopic (exact) mass is 192 g/mol. The van der Waals surface area contributed by atoms with Gasteiger partial charge in [-0.3, -0.25) is 0 Å². The molecule has 1 rings (SSSR count). The van der Waals surface area contributed by atoms with Crippen molar-refractivity contribution in [3.63, 3.8) is 0 Å². The van der Waals surface area contributed by atoms with Gasteiger partial charge in [-0.05, 0) is 0 Å². The molecule has 13 heavy (non-hydrogen) atoms. The first kappa shape index (κ1) is 8.91. The summed E-state index contributed by atoms with van der Waals surface area (Å²) in [6, 6.07) is 0. The smallest absolute Gasteiger partial charge is 0.360 e. The molecule has 0 atom stereocenters. The van der Waals surface area contributed by atoms with E-state index in [0.29, 0.717) is 0 Å². The molecule has 0 aliphatic rings. The van der Waals surface area contributed by atoms with Crippen LogP contribution >= 0.6 is 8.19 Å². The first-order valence-corrected chi connectivity index (χ1v) is 3.94. The van der Waals surface area contributed by atoms with Crippen LogP contribution < -0.4 is 20.9 Å². The minimum absolute atomic E-state index is 0.0110. The van der Waals surface area contributed by atoms with E-state index in [1.807, 2.05) is 0 Å². The van der Waals surface area contributed by atoms with E-state index in [2.05, 4.69) is 19.2 Å². The standard InChI is InChI=1S/C4HN8P/c5-9-1-2(10-6)4(12-8)13-3(1)11-7/h13H. The molecule has 1 aromatic rings. The molecule has 0 saturated carbocycles. The zero-order valence-electron chi connectivity index (χ0n) is 6.08. The summed E-state index contributed by atoms with van der Waals surface area (Å²) >= 11 is 0. The van der Waals surface area contributed by atoms with E-state index < -0.39 is 0 Å². The van der Waals surface area contributed by atoms with Crippen LogP contribution in [0.25, 0.3) is 22.1 Å². The van der Waals surface area contributed by atoms with Crippen molar-refractivity contribution in [3.05, 3.63) is 43.0 Å². The van der Waals surface area contributed by atoms with E-state index in [1.54, 1.807) is 0 Å². The molecule has 0 unspecified atom stereocenters. The predicted molar refractivity (Wildman–Crippen MR) is 35.3 cm³/mol. The van der Waals surface area contributed by atoms with Crippen molar-refractivity contribution < 1.29 is 19.2 Å². The summed E-state index contributed by atoms with van der Waals surface area (Å²) in [6.45, 7) is 0. The van der Waals surface area contributed by atoms with E-state index >= 15 is 0 Å². The van der Waals surface area contributed by atoms with Crippen molar-refractivity contribution in [3.8, 4) is 0 Å². The molecule has 62 valence electrons. The first-order chi connectivity index (χ1) is 6.28. The molecule has 1 aromatic heterocycles. The zero-order valence-corrected chi connectivity index (χ0v) is 7.08. The zero-order chi connectivity index (χ0) is 9.84. The molecular formula is C4HN8P. The maximum absolute atomic E-state index is 8.45. The second-order valence-corrected chi connectivity index (χ2v) is 3.12. The van der Waals surface area contributed by atoms with Crippen LogP contribution in [0.1, 0.15) is 0 Å². The quantitative estimate of drug-likeness (QED) is 0.307. The Bertz CT molecular complexity index is 602. The highest BCUT2D eigenvalue weighted by molar-refractivity contribution is 7.27. The summed E-state index contributed by atoms with van der Waals surface area (Å²) in [5, 5.41) is -0.446. The fraction of sp³-hybridized carbons (Fsp3) is 0. The molecule has 0 aliphatic heterocycles. The van der Waals surface area contributed by atoms with Crippen molar-refractivity contribution in [1.82, 2.24) is 0 Å². The highest BCUT2D eigenvalue weighted by Gasteiger charge is 2.24. The van der Waals surface area contributed by atoms with Crippen LogP contribution in [0.2, 0.25) is 0 Å². The van der Waals surface area contributed by atoms with E-state index in [1.165, 1.54) is 0 Å². The predicted octanol–water partition coefficient (Wildman–Crippen LogP) is -2.88. The summed E-state index contributed by atoms with van der Waals surface area (Å²) in [5.41, 5.74) is 33.8. The van der Waals surface area contributed by atoms with Gasteiger partial charge in [0.2, 0.25) is 0 Å². The minimum Gasteiger partial charge on any atom is -0.360 e. The fourth-order valence-corrected chi connectivity index (χ4v) is 1.69. The molecule has 0 spiro atoms. The molecule has 0 radical (unpaired) electrons. The molecule has 9 heteroatoms. The van der Waals surface area contributed by atoms with Gasteiger partial charge in [-0.2, -0.15) is 9.58 Å². The van der Waals surface area contributed by atoms with Gasteiger partial charge in [0.15, 0.2) is 0 Å². The van der Waals surface area contributed by atoms with Crippen LogP contribution in [0, 0.1) is 0 Å². The van der Waals surface area contributed by atoms with Gasteiger partial charge in [-0.1, -0.05) is 0 Å². The van der Waals surface area contributed by atoms with Gasteiger partial charge < -0.3 is 22.1 Å². The third-order valence-corrected chi connectivity index (χ3v) is 2.46. The molecule has 1 heterocycles. The topological polar surface area (TPSA) is 146 Å². The Morgan fingerprint density at radius 1 is 0.692 bits per heavy atom. The highest BCUT2D eigenvalue weighted by Crippen LogP contribution is 1.66. The summed E-state index contributed by atoms with van der Waals surface area (Å²) in [5.74, 6) is 0. The van der Waals surface area contributed by atoms with Crippen molar-refractivity contribution >= 4 is 8.19 Å². The number of hydrogen-bond donors (Lipinski definition) is 0. The second-order valence-electron chi connectivity index (χ2n) is 1.92. The summed E-state index contributed by atoms with van der Waals surface area (Å²) in [6.07, 6.45) is 0. The average molecular weight is 192 g/mol. The van der Waals surface area contributed by atoms with Gasteiger partial charge in [-0.15, -0.1) is 9.58 Å². The number of hydrogen-bond acceptors (Lipinski definition) is 0. The van der Waals surface area contributed by atoms with Crippen LogP contribution in [0.5, 0.6) is 0 Å². The summed E-state index contributed by atoms with van der Waals surface area (Å²) < 4.78 is 0. The Kier molecular flexibility index (Phi) is 2.38. The third kappa shape index (κ3) is 1.26. The van der Waals surface area contributed by atoms with E-state index in [0.717, 1.165) is 0 Å². The van der Waals surface area contributed by atoms with Gasteiger partial charge in [0.25, 0.3) is 0 Å². The molecule has 0 bridgehead atoms. The first-order valence-electron chi connectivity index (χ1n) is 2.94. The van der Waals surface area contributed by atoms with Crippen molar-refractivity contribution in [2.75, 3.05) is 0 Å². The molecule has 0 aliphatic carbocycles.